The van der Waals surface area contributed by atoms with Crippen molar-refractivity contribution in [2.45, 2.75) is 12.2 Å². The van der Waals surface area contributed by atoms with E-state index in [-0.39, 0.29) is 24.6 Å². The lowest BCUT2D eigenvalue weighted by atomic mass is 10.1. The van der Waals surface area contributed by atoms with Crippen molar-refractivity contribution in [3.63, 3.8) is 0 Å². The Bertz CT molecular complexity index is 593. The molecule has 0 aromatic heterocycles. The molecular weight excluding hydrogens is 371 g/mol. The fraction of sp³-hybridized carbons (Fsp3) is 0.471. The van der Waals surface area contributed by atoms with Gasteiger partial charge in [0.25, 0.3) is 5.91 Å². The number of alkyl halides is 3. The molecule has 0 saturated carbocycles. The first-order chi connectivity index (χ1) is 11.9. The lowest BCUT2D eigenvalue weighted by Crippen LogP contribution is -2.57. The molecule has 1 aliphatic rings. The van der Waals surface area contributed by atoms with Gasteiger partial charge in [-0.2, -0.15) is 13.2 Å². The molecule has 5 nitrogen and oxygen atoms in total. The molecule has 1 aromatic rings. The van der Waals surface area contributed by atoms with Crippen LogP contribution >= 0.6 is 12.4 Å². The van der Waals surface area contributed by atoms with Crippen LogP contribution in [-0.4, -0.2) is 62.4 Å². The summed E-state index contributed by atoms with van der Waals surface area (Å²) in [5.41, 5.74) is 0.200. The summed E-state index contributed by atoms with van der Waals surface area (Å²) in [5, 5.41) is 5.41. The van der Waals surface area contributed by atoms with Crippen LogP contribution in [0.25, 0.3) is 0 Å². The van der Waals surface area contributed by atoms with Crippen LogP contribution in [0.15, 0.2) is 36.9 Å². The second kappa shape index (κ2) is 10.4. The SMILES string of the molecule is C=CCOc1ccccc1C(=O)NCC(N1CCNCC1)C(F)(F)F.Cl. The number of halogens is 4. The zero-order valence-corrected chi connectivity index (χ0v) is 15.0. The Morgan fingerprint density at radius 3 is 2.62 bits per heavy atom. The maximum absolute atomic E-state index is 13.4. The number of hydrogen-bond acceptors (Lipinski definition) is 4. The molecule has 1 aliphatic heterocycles. The van der Waals surface area contributed by atoms with E-state index in [0.717, 1.165) is 0 Å². The van der Waals surface area contributed by atoms with Gasteiger partial charge in [-0.25, -0.2) is 0 Å². The van der Waals surface area contributed by atoms with Gasteiger partial charge in [-0.3, -0.25) is 9.69 Å². The minimum atomic E-state index is -4.41. The second-order valence-electron chi connectivity index (χ2n) is 5.65. The highest BCUT2D eigenvalue weighted by Crippen LogP contribution is 2.25. The van der Waals surface area contributed by atoms with Gasteiger partial charge in [0.1, 0.15) is 18.4 Å². The number of para-hydroxylation sites is 1. The first-order valence-corrected chi connectivity index (χ1v) is 8.06. The fourth-order valence-corrected chi connectivity index (χ4v) is 2.66. The molecule has 9 heteroatoms. The summed E-state index contributed by atoms with van der Waals surface area (Å²) < 4.78 is 45.4. The van der Waals surface area contributed by atoms with Gasteiger partial charge in [0.15, 0.2) is 0 Å². The smallest absolute Gasteiger partial charge is 0.405 e. The molecule has 1 heterocycles. The molecule has 0 aliphatic carbocycles. The van der Waals surface area contributed by atoms with E-state index >= 15 is 0 Å². The van der Waals surface area contributed by atoms with Crippen LogP contribution in [0.4, 0.5) is 13.2 Å². The number of benzene rings is 1. The van der Waals surface area contributed by atoms with Crippen LogP contribution in [0.5, 0.6) is 5.75 Å². The van der Waals surface area contributed by atoms with Crippen LogP contribution in [0.2, 0.25) is 0 Å². The monoisotopic (exact) mass is 393 g/mol. The quantitative estimate of drug-likeness (QED) is 0.698. The zero-order chi connectivity index (χ0) is 18.3. The Balaban J connectivity index is 0.00000338. The summed E-state index contributed by atoms with van der Waals surface area (Å²) in [6, 6.07) is 4.72. The number of carbonyl (C=O) groups is 1. The van der Waals surface area contributed by atoms with Gasteiger partial charge in [0, 0.05) is 32.7 Å². The lowest BCUT2D eigenvalue weighted by Gasteiger charge is -2.35. The largest absolute Gasteiger partial charge is 0.489 e. The summed E-state index contributed by atoms with van der Waals surface area (Å²) in [5.74, 6) is -0.283. The second-order valence-corrected chi connectivity index (χ2v) is 5.65. The lowest BCUT2D eigenvalue weighted by molar-refractivity contribution is -0.183. The Labute approximate surface area is 157 Å². The molecular formula is C17H23ClF3N3O2. The molecule has 2 N–H and O–H groups in total. The number of ether oxygens (including phenoxy) is 1. The minimum absolute atomic E-state index is 0. The third-order valence-corrected chi connectivity index (χ3v) is 3.91. The molecule has 146 valence electrons. The maximum atomic E-state index is 13.4. The topological polar surface area (TPSA) is 53.6 Å². The van der Waals surface area contributed by atoms with E-state index in [2.05, 4.69) is 17.2 Å². The van der Waals surface area contributed by atoms with E-state index in [9.17, 15) is 18.0 Å². The summed E-state index contributed by atoms with van der Waals surface area (Å²) in [7, 11) is 0. The van der Waals surface area contributed by atoms with Crippen LogP contribution in [0.1, 0.15) is 10.4 Å². The highest BCUT2D eigenvalue weighted by molar-refractivity contribution is 5.96. The van der Waals surface area contributed by atoms with Crippen LogP contribution in [-0.2, 0) is 0 Å². The molecule has 1 saturated heterocycles. The van der Waals surface area contributed by atoms with Crippen molar-refractivity contribution in [3.8, 4) is 5.75 Å². The van der Waals surface area contributed by atoms with E-state index < -0.39 is 24.7 Å². The van der Waals surface area contributed by atoms with Gasteiger partial charge in [0.2, 0.25) is 0 Å². The maximum Gasteiger partial charge on any atom is 0.405 e. The third kappa shape index (κ3) is 6.19. The summed E-state index contributed by atoms with van der Waals surface area (Å²) in [4.78, 5) is 13.7. The Morgan fingerprint density at radius 2 is 2.00 bits per heavy atom. The van der Waals surface area contributed by atoms with Crippen molar-refractivity contribution < 1.29 is 22.7 Å². The van der Waals surface area contributed by atoms with Crippen molar-refractivity contribution in [3.05, 3.63) is 42.5 Å². The molecule has 1 fully saturated rings. The summed E-state index contributed by atoms with van der Waals surface area (Å²) in [6.07, 6.45) is -2.89. The van der Waals surface area contributed by atoms with Gasteiger partial charge in [-0.1, -0.05) is 24.8 Å². The number of amides is 1. The Hall–Kier alpha value is -1.77. The van der Waals surface area contributed by atoms with Crippen molar-refractivity contribution in [1.29, 1.82) is 0 Å². The molecule has 2 rings (SSSR count). The molecule has 1 unspecified atom stereocenters. The van der Waals surface area contributed by atoms with Crippen molar-refractivity contribution in [1.82, 2.24) is 15.5 Å². The molecule has 1 aromatic carbocycles. The van der Waals surface area contributed by atoms with Crippen molar-refractivity contribution in [2.24, 2.45) is 0 Å². The van der Waals surface area contributed by atoms with E-state index in [1.54, 1.807) is 18.2 Å². The Morgan fingerprint density at radius 1 is 1.35 bits per heavy atom. The molecule has 26 heavy (non-hydrogen) atoms. The van der Waals surface area contributed by atoms with Gasteiger partial charge < -0.3 is 15.4 Å². The number of carbonyl (C=O) groups excluding carboxylic acids is 1. The highest BCUT2D eigenvalue weighted by atomic mass is 35.5. The molecule has 1 atom stereocenters. The zero-order valence-electron chi connectivity index (χ0n) is 14.2. The van der Waals surface area contributed by atoms with Crippen molar-refractivity contribution in [2.75, 3.05) is 39.3 Å². The van der Waals surface area contributed by atoms with E-state index in [4.69, 9.17) is 4.74 Å². The van der Waals surface area contributed by atoms with Crippen molar-refractivity contribution >= 4 is 18.3 Å². The third-order valence-electron chi connectivity index (χ3n) is 3.91. The number of piperazine rings is 1. The highest BCUT2D eigenvalue weighted by Gasteiger charge is 2.43. The Kier molecular flexibility index (Phi) is 8.91. The van der Waals surface area contributed by atoms with Crippen LogP contribution in [0.3, 0.4) is 0 Å². The molecule has 1 amide bonds. The van der Waals surface area contributed by atoms with Gasteiger partial charge in [0.05, 0.1) is 5.56 Å². The number of rotatable bonds is 7. The molecule has 0 radical (unpaired) electrons. The summed E-state index contributed by atoms with van der Waals surface area (Å²) >= 11 is 0. The normalized spacial score (nSPS) is 16.3. The van der Waals surface area contributed by atoms with E-state index in [1.807, 2.05) is 0 Å². The van der Waals surface area contributed by atoms with Gasteiger partial charge in [-0.15, -0.1) is 12.4 Å². The average molecular weight is 394 g/mol. The predicted molar refractivity (Wildman–Crippen MR) is 96.0 cm³/mol. The first-order valence-electron chi connectivity index (χ1n) is 8.06. The number of hydrogen-bond donors (Lipinski definition) is 2. The van der Waals surface area contributed by atoms with E-state index in [1.165, 1.54) is 17.0 Å². The summed E-state index contributed by atoms with van der Waals surface area (Å²) in [6.45, 7) is 4.81. The number of nitrogens with zero attached hydrogens (tertiary/aromatic N) is 1. The fourth-order valence-electron chi connectivity index (χ4n) is 2.66. The van der Waals surface area contributed by atoms with Crippen LogP contribution < -0.4 is 15.4 Å². The standard InChI is InChI=1S/C17H22F3N3O2.ClH/c1-2-11-25-14-6-4-3-5-13(14)16(24)22-12-15(17(18,19)20)23-9-7-21-8-10-23;/h2-6,15,21H,1,7-12H2,(H,22,24);1H. The number of nitrogens with one attached hydrogen (secondary N) is 2. The van der Waals surface area contributed by atoms with E-state index in [0.29, 0.717) is 31.9 Å². The molecule has 0 spiro atoms. The van der Waals surface area contributed by atoms with Gasteiger partial charge >= 0.3 is 6.18 Å². The first kappa shape index (κ1) is 22.3. The average Bonchev–Trinajstić information content (AvgIpc) is 2.60. The van der Waals surface area contributed by atoms with Crippen LogP contribution in [0, 0.1) is 0 Å². The van der Waals surface area contributed by atoms with Gasteiger partial charge in [-0.05, 0) is 12.1 Å². The molecule has 0 bridgehead atoms. The minimum Gasteiger partial charge on any atom is -0.489 e. The predicted octanol–water partition coefficient (Wildman–Crippen LogP) is 2.24.